The molecule has 0 heterocycles. The van der Waals surface area contributed by atoms with Gasteiger partial charge in [0, 0.05) is 6.04 Å². The van der Waals surface area contributed by atoms with Gasteiger partial charge in [-0.2, -0.15) is 0 Å². The Labute approximate surface area is 73.1 Å². The summed E-state index contributed by atoms with van der Waals surface area (Å²) in [7, 11) is 0. The quantitative estimate of drug-likeness (QED) is 0.536. The molecule has 0 bridgehead atoms. The first-order valence-corrected chi connectivity index (χ1v) is 4.15. The Morgan fingerprint density at radius 1 is 1.50 bits per heavy atom. The lowest BCUT2D eigenvalue weighted by molar-refractivity contribution is -0.124. The summed E-state index contributed by atoms with van der Waals surface area (Å²) in [5.74, 6) is -0.0811. The summed E-state index contributed by atoms with van der Waals surface area (Å²) in [6, 6.07) is -0.707. The summed E-state index contributed by atoms with van der Waals surface area (Å²) in [5, 5.41) is 11.2. The Bertz CT molecular complexity index is 148. The van der Waals surface area contributed by atoms with Crippen molar-refractivity contribution >= 4 is 5.91 Å². The van der Waals surface area contributed by atoms with Crippen molar-refractivity contribution in [1.82, 2.24) is 5.32 Å². The standard InChI is InChI=1S/C8H18N2O2/c1-5(2)7(9)8(12)10-6(3)4-11/h5-7,11H,4,9H2,1-3H3,(H,10,12)/t6-,7+/m1/s1. The molecule has 0 unspecified atom stereocenters. The second-order valence-corrected chi connectivity index (χ2v) is 3.36. The Balaban J connectivity index is 3.87. The first kappa shape index (κ1) is 11.4. The highest BCUT2D eigenvalue weighted by molar-refractivity contribution is 5.81. The zero-order chi connectivity index (χ0) is 9.72. The van der Waals surface area contributed by atoms with Crippen molar-refractivity contribution in [2.75, 3.05) is 6.61 Å². The van der Waals surface area contributed by atoms with Gasteiger partial charge in [0.1, 0.15) is 0 Å². The van der Waals surface area contributed by atoms with Crippen molar-refractivity contribution in [3.8, 4) is 0 Å². The van der Waals surface area contributed by atoms with Crippen LogP contribution in [-0.4, -0.2) is 29.7 Å². The molecule has 0 aromatic rings. The lowest BCUT2D eigenvalue weighted by Gasteiger charge is -2.18. The molecule has 4 heteroatoms. The maximum Gasteiger partial charge on any atom is 0.237 e. The molecule has 0 aliphatic carbocycles. The number of amides is 1. The van der Waals surface area contributed by atoms with Crippen molar-refractivity contribution in [1.29, 1.82) is 0 Å². The van der Waals surface area contributed by atoms with Crippen LogP contribution < -0.4 is 11.1 Å². The number of aliphatic hydroxyl groups excluding tert-OH is 1. The zero-order valence-corrected chi connectivity index (χ0v) is 7.87. The Hall–Kier alpha value is -0.610. The van der Waals surface area contributed by atoms with Gasteiger partial charge in [0.25, 0.3) is 0 Å². The van der Waals surface area contributed by atoms with Crippen LogP contribution in [0.25, 0.3) is 0 Å². The molecule has 72 valence electrons. The van der Waals surface area contributed by atoms with Crippen LogP contribution in [0.4, 0.5) is 0 Å². The number of hydrogen-bond acceptors (Lipinski definition) is 3. The Morgan fingerprint density at radius 3 is 2.33 bits per heavy atom. The molecule has 0 saturated carbocycles. The average molecular weight is 174 g/mol. The molecule has 4 nitrogen and oxygen atoms in total. The molecular weight excluding hydrogens is 156 g/mol. The van der Waals surface area contributed by atoms with E-state index in [2.05, 4.69) is 5.32 Å². The molecule has 0 rings (SSSR count). The molecule has 2 atom stereocenters. The fourth-order valence-corrected chi connectivity index (χ4v) is 0.687. The normalized spacial score (nSPS) is 15.8. The van der Waals surface area contributed by atoms with E-state index in [1.807, 2.05) is 13.8 Å². The molecule has 4 N–H and O–H groups in total. The minimum Gasteiger partial charge on any atom is -0.394 e. The van der Waals surface area contributed by atoms with Crippen LogP contribution in [0.3, 0.4) is 0 Å². The summed E-state index contributed by atoms with van der Waals surface area (Å²) < 4.78 is 0. The van der Waals surface area contributed by atoms with Gasteiger partial charge in [0.15, 0.2) is 0 Å². The number of aliphatic hydroxyl groups is 1. The van der Waals surface area contributed by atoms with E-state index in [4.69, 9.17) is 10.8 Å². The smallest absolute Gasteiger partial charge is 0.237 e. The highest BCUT2D eigenvalue weighted by atomic mass is 16.3. The number of hydrogen-bond donors (Lipinski definition) is 3. The van der Waals surface area contributed by atoms with Gasteiger partial charge in [0.2, 0.25) is 5.91 Å². The monoisotopic (exact) mass is 174 g/mol. The molecule has 0 fully saturated rings. The first-order chi connectivity index (χ1) is 5.49. The summed E-state index contributed by atoms with van der Waals surface area (Å²) in [6.45, 7) is 5.43. The van der Waals surface area contributed by atoms with Crippen LogP contribution in [0, 0.1) is 5.92 Å². The topological polar surface area (TPSA) is 75.4 Å². The Kier molecular flexibility index (Phi) is 4.85. The number of carbonyl (C=O) groups is 1. The molecule has 0 aliphatic rings. The molecule has 0 saturated heterocycles. The van der Waals surface area contributed by atoms with Crippen LogP contribution in [-0.2, 0) is 4.79 Å². The van der Waals surface area contributed by atoms with Gasteiger partial charge in [-0.25, -0.2) is 0 Å². The van der Waals surface area contributed by atoms with E-state index in [1.165, 1.54) is 0 Å². The van der Waals surface area contributed by atoms with Gasteiger partial charge in [-0.05, 0) is 12.8 Å². The van der Waals surface area contributed by atoms with Crippen molar-refractivity contribution in [3.63, 3.8) is 0 Å². The summed E-state index contributed by atoms with van der Waals surface area (Å²) >= 11 is 0. The largest absolute Gasteiger partial charge is 0.394 e. The third kappa shape index (κ3) is 3.69. The van der Waals surface area contributed by atoms with E-state index < -0.39 is 6.04 Å². The first-order valence-electron chi connectivity index (χ1n) is 4.15. The molecule has 0 aromatic carbocycles. The maximum absolute atomic E-state index is 11.2. The van der Waals surface area contributed by atoms with Gasteiger partial charge in [0.05, 0.1) is 12.6 Å². The molecule has 12 heavy (non-hydrogen) atoms. The molecule has 0 spiro atoms. The van der Waals surface area contributed by atoms with E-state index in [0.717, 1.165) is 0 Å². The average Bonchev–Trinajstić information content (AvgIpc) is 2.02. The van der Waals surface area contributed by atoms with Crippen LogP contribution in [0.2, 0.25) is 0 Å². The molecular formula is C8H18N2O2. The fraction of sp³-hybridized carbons (Fsp3) is 0.875. The molecule has 1 amide bonds. The van der Waals surface area contributed by atoms with Crippen molar-refractivity contribution < 1.29 is 9.90 Å². The third-order valence-electron chi connectivity index (χ3n) is 1.68. The summed E-state index contributed by atoms with van der Waals surface area (Å²) in [4.78, 5) is 11.2. The number of rotatable bonds is 4. The van der Waals surface area contributed by atoms with E-state index in [0.29, 0.717) is 0 Å². The molecule has 0 aliphatic heterocycles. The van der Waals surface area contributed by atoms with Gasteiger partial charge < -0.3 is 16.2 Å². The van der Waals surface area contributed by atoms with Crippen molar-refractivity contribution in [2.45, 2.75) is 32.9 Å². The Morgan fingerprint density at radius 2 is 2.00 bits per heavy atom. The minimum absolute atomic E-state index is 0.0590. The highest BCUT2D eigenvalue weighted by Gasteiger charge is 2.17. The van der Waals surface area contributed by atoms with Crippen LogP contribution in [0.5, 0.6) is 0 Å². The van der Waals surface area contributed by atoms with Gasteiger partial charge >= 0.3 is 0 Å². The SMILES string of the molecule is CC(C)[C@H](N)C(=O)N[C@H](C)CO. The number of nitrogens with one attached hydrogen (secondary N) is 1. The van der Waals surface area contributed by atoms with Crippen LogP contribution >= 0.6 is 0 Å². The van der Waals surface area contributed by atoms with E-state index in [1.54, 1.807) is 6.92 Å². The zero-order valence-electron chi connectivity index (χ0n) is 7.87. The minimum atomic E-state index is -0.487. The van der Waals surface area contributed by atoms with Crippen molar-refractivity contribution in [3.05, 3.63) is 0 Å². The third-order valence-corrected chi connectivity index (χ3v) is 1.68. The molecule has 0 aromatic heterocycles. The second-order valence-electron chi connectivity index (χ2n) is 3.36. The van der Waals surface area contributed by atoms with E-state index in [-0.39, 0.29) is 24.5 Å². The molecule has 0 radical (unpaired) electrons. The maximum atomic E-state index is 11.2. The van der Waals surface area contributed by atoms with Gasteiger partial charge in [-0.3, -0.25) is 4.79 Å². The summed E-state index contributed by atoms with van der Waals surface area (Å²) in [5.41, 5.74) is 5.57. The summed E-state index contributed by atoms with van der Waals surface area (Å²) in [6.07, 6.45) is 0. The van der Waals surface area contributed by atoms with Crippen LogP contribution in [0.15, 0.2) is 0 Å². The van der Waals surface area contributed by atoms with Gasteiger partial charge in [-0.1, -0.05) is 13.8 Å². The van der Waals surface area contributed by atoms with Crippen LogP contribution in [0.1, 0.15) is 20.8 Å². The lowest BCUT2D eigenvalue weighted by atomic mass is 10.0. The van der Waals surface area contributed by atoms with Crippen molar-refractivity contribution in [2.24, 2.45) is 11.7 Å². The van der Waals surface area contributed by atoms with E-state index in [9.17, 15) is 4.79 Å². The highest BCUT2D eigenvalue weighted by Crippen LogP contribution is 1.98. The predicted molar refractivity (Wildman–Crippen MR) is 47.5 cm³/mol. The fourth-order valence-electron chi connectivity index (χ4n) is 0.687. The van der Waals surface area contributed by atoms with E-state index >= 15 is 0 Å². The predicted octanol–water partition coefficient (Wildman–Crippen LogP) is -0.533. The second kappa shape index (κ2) is 5.11. The number of nitrogens with two attached hydrogens (primary N) is 1. The van der Waals surface area contributed by atoms with Gasteiger partial charge in [-0.15, -0.1) is 0 Å². The lowest BCUT2D eigenvalue weighted by Crippen LogP contribution is -2.47. The number of carbonyl (C=O) groups excluding carboxylic acids is 1.